The summed E-state index contributed by atoms with van der Waals surface area (Å²) in [5.41, 5.74) is 0.127. The van der Waals surface area contributed by atoms with Crippen LogP contribution in [0.15, 0.2) is 34.2 Å². The van der Waals surface area contributed by atoms with E-state index >= 15 is 0 Å². The van der Waals surface area contributed by atoms with E-state index in [4.69, 9.17) is 4.99 Å². The van der Waals surface area contributed by atoms with Crippen LogP contribution in [-0.4, -0.2) is 56.5 Å². The highest BCUT2D eigenvalue weighted by Gasteiger charge is 2.31. The Morgan fingerprint density at radius 2 is 1.87 bits per heavy atom. The lowest BCUT2D eigenvalue weighted by Crippen LogP contribution is -2.46. The van der Waals surface area contributed by atoms with Crippen molar-refractivity contribution >= 4 is 40.0 Å². The molecule has 1 aliphatic rings. The van der Waals surface area contributed by atoms with E-state index in [1.807, 2.05) is 39.8 Å². The number of aliphatic imine (C=N–C) groups is 1. The summed E-state index contributed by atoms with van der Waals surface area (Å²) in [4.78, 5) is 7.45. The standard InChI is InChI=1S/C22H39N5O2S.HI/c1-8-23-21(25-19-15-27(16(2)3)14-17(19)4)24-13-18-11-9-10-12-20(18)30(28,29)26-22(5,6)7;/h9-12,16-17,19,26H,8,13-15H2,1-7H3,(H2,23,24,25);1H. The van der Waals surface area contributed by atoms with Gasteiger partial charge in [0.2, 0.25) is 10.0 Å². The fourth-order valence-corrected chi connectivity index (χ4v) is 5.28. The summed E-state index contributed by atoms with van der Waals surface area (Å²) in [6.07, 6.45) is 0. The number of sulfonamides is 1. The van der Waals surface area contributed by atoms with Gasteiger partial charge in [-0.1, -0.05) is 25.1 Å². The Morgan fingerprint density at radius 3 is 2.42 bits per heavy atom. The SMILES string of the molecule is CCNC(=NCc1ccccc1S(=O)(=O)NC(C)(C)C)NC1CN(C(C)C)CC1C.I. The molecule has 0 saturated carbocycles. The van der Waals surface area contributed by atoms with E-state index in [0.29, 0.717) is 23.6 Å². The summed E-state index contributed by atoms with van der Waals surface area (Å²) < 4.78 is 28.5. The van der Waals surface area contributed by atoms with Crippen LogP contribution >= 0.6 is 24.0 Å². The predicted molar refractivity (Wildman–Crippen MR) is 140 cm³/mol. The predicted octanol–water partition coefficient (Wildman–Crippen LogP) is 3.17. The molecule has 1 heterocycles. The number of rotatable bonds is 7. The molecule has 178 valence electrons. The molecule has 3 N–H and O–H groups in total. The molecule has 1 fully saturated rings. The van der Waals surface area contributed by atoms with Crippen molar-refractivity contribution in [2.24, 2.45) is 10.9 Å². The van der Waals surface area contributed by atoms with Gasteiger partial charge in [0.15, 0.2) is 5.96 Å². The molecule has 1 aromatic carbocycles. The molecule has 0 aromatic heterocycles. The third-order valence-electron chi connectivity index (χ3n) is 5.15. The number of hydrogen-bond acceptors (Lipinski definition) is 4. The Bertz CT molecular complexity index is 837. The van der Waals surface area contributed by atoms with Gasteiger partial charge in [-0.2, -0.15) is 0 Å². The monoisotopic (exact) mass is 565 g/mol. The number of nitrogens with zero attached hydrogens (tertiary/aromatic N) is 2. The highest BCUT2D eigenvalue weighted by Crippen LogP contribution is 2.20. The number of likely N-dealkylation sites (tertiary alicyclic amines) is 1. The minimum absolute atomic E-state index is 0. The second-order valence-corrected chi connectivity index (χ2v) is 11.1. The highest BCUT2D eigenvalue weighted by molar-refractivity contribution is 14.0. The fourth-order valence-electron chi connectivity index (χ4n) is 3.63. The molecule has 0 radical (unpaired) electrons. The van der Waals surface area contributed by atoms with Crippen LogP contribution in [0, 0.1) is 5.92 Å². The van der Waals surface area contributed by atoms with Crippen LogP contribution in [0.3, 0.4) is 0 Å². The maximum absolute atomic E-state index is 12.9. The zero-order valence-electron chi connectivity index (χ0n) is 19.9. The number of benzene rings is 1. The van der Waals surface area contributed by atoms with Gasteiger partial charge in [0.25, 0.3) is 0 Å². The van der Waals surface area contributed by atoms with E-state index < -0.39 is 15.6 Å². The van der Waals surface area contributed by atoms with Gasteiger partial charge in [0.05, 0.1) is 11.4 Å². The third kappa shape index (κ3) is 8.51. The lowest BCUT2D eigenvalue weighted by molar-refractivity contribution is 0.265. The molecule has 0 aliphatic carbocycles. The van der Waals surface area contributed by atoms with E-state index in [9.17, 15) is 8.42 Å². The summed E-state index contributed by atoms with van der Waals surface area (Å²) in [6, 6.07) is 7.88. The first-order chi connectivity index (χ1) is 13.9. The van der Waals surface area contributed by atoms with Crippen LogP contribution in [0.4, 0.5) is 0 Å². The molecule has 0 amide bonds. The smallest absolute Gasteiger partial charge is 0.241 e. The Morgan fingerprint density at radius 1 is 1.23 bits per heavy atom. The number of hydrogen-bond donors (Lipinski definition) is 3. The molecular formula is C22H40IN5O2S. The molecule has 0 spiro atoms. The van der Waals surface area contributed by atoms with Crippen molar-refractivity contribution in [3.63, 3.8) is 0 Å². The Kier molecular flexibility index (Phi) is 10.7. The average Bonchev–Trinajstić information content (AvgIpc) is 2.99. The normalized spacial score (nSPS) is 20.6. The summed E-state index contributed by atoms with van der Waals surface area (Å²) in [7, 11) is -3.62. The number of guanidine groups is 1. The minimum Gasteiger partial charge on any atom is -0.357 e. The third-order valence-corrected chi connectivity index (χ3v) is 7.01. The lowest BCUT2D eigenvalue weighted by Gasteiger charge is -2.22. The highest BCUT2D eigenvalue weighted by atomic mass is 127. The Labute approximate surface area is 205 Å². The van der Waals surface area contributed by atoms with Crippen molar-refractivity contribution in [3.8, 4) is 0 Å². The van der Waals surface area contributed by atoms with Crippen molar-refractivity contribution in [2.45, 2.75) is 77.5 Å². The summed E-state index contributed by atoms with van der Waals surface area (Å²) >= 11 is 0. The van der Waals surface area contributed by atoms with Gasteiger partial charge in [-0.3, -0.25) is 4.90 Å². The fraction of sp³-hybridized carbons (Fsp3) is 0.682. The van der Waals surface area contributed by atoms with E-state index in [0.717, 1.165) is 25.6 Å². The van der Waals surface area contributed by atoms with Gasteiger partial charge in [0.1, 0.15) is 0 Å². The van der Waals surface area contributed by atoms with Crippen molar-refractivity contribution in [3.05, 3.63) is 29.8 Å². The molecular weight excluding hydrogens is 525 g/mol. The Hall–Kier alpha value is -0.910. The first-order valence-electron chi connectivity index (χ1n) is 10.8. The molecule has 7 nitrogen and oxygen atoms in total. The van der Waals surface area contributed by atoms with E-state index in [-0.39, 0.29) is 35.4 Å². The van der Waals surface area contributed by atoms with Crippen LogP contribution in [0.25, 0.3) is 0 Å². The lowest BCUT2D eigenvalue weighted by atomic mass is 10.1. The van der Waals surface area contributed by atoms with Crippen LogP contribution in [-0.2, 0) is 16.6 Å². The van der Waals surface area contributed by atoms with Crippen LogP contribution in [0.1, 0.15) is 54.0 Å². The van der Waals surface area contributed by atoms with Crippen molar-refractivity contribution < 1.29 is 8.42 Å². The van der Waals surface area contributed by atoms with Gasteiger partial charge < -0.3 is 10.6 Å². The zero-order valence-corrected chi connectivity index (χ0v) is 23.0. The van der Waals surface area contributed by atoms with E-state index in [1.165, 1.54) is 0 Å². The molecule has 2 atom stereocenters. The largest absolute Gasteiger partial charge is 0.357 e. The minimum atomic E-state index is -3.62. The van der Waals surface area contributed by atoms with Gasteiger partial charge in [0, 0.05) is 37.3 Å². The summed E-state index contributed by atoms with van der Waals surface area (Å²) in [6.45, 7) is 17.3. The van der Waals surface area contributed by atoms with Gasteiger partial charge >= 0.3 is 0 Å². The van der Waals surface area contributed by atoms with E-state index in [1.54, 1.807) is 12.1 Å². The molecule has 2 rings (SSSR count). The van der Waals surface area contributed by atoms with Crippen molar-refractivity contribution in [2.75, 3.05) is 19.6 Å². The van der Waals surface area contributed by atoms with Crippen LogP contribution < -0.4 is 15.4 Å². The molecule has 2 unspecified atom stereocenters. The van der Waals surface area contributed by atoms with Gasteiger partial charge in [-0.25, -0.2) is 18.1 Å². The van der Waals surface area contributed by atoms with Crippen LogP contribution in [0.5, 0.6) is 0 Å². The summed E-state index contributed by atoms with van der Waals surface area (Å²) in [5.74, 6) is 1.23. The van der Waals surface area contributed by atoms with Gasteiger partial charge in [-0.15, -0.1) is 24.0 Å². The van der Waals surface area contributed by atoms with Crippen molar-refractivity contribution in [1.82, 2.24) is 20.3 Å². The number of halogens is 1. The maximum Gasteiger partial charge on any atom is 0.241 e. The topological polar surface area (TPSA) is 85.8 Å². The first kappa shape index (κ1) is 28.1. The van der Waals surface area contributed by atoms with E-state index in [2.05, 4.69) is 41.0 Å². The van der Waals surface area contributed by atoms with Crippen LogP contribution in [0.2, 0.25) is 0 Å². The second kappa shape index (κ2) is 11.8. The number of nitrogens with one attached hydrogen (secondary N) is 3. The van der Waals surface area contributed by atoms with Crippen molar-refractivity contribution in [1.29, 1.82) is 0 Å². The Balaban J connectivity index is 0.00000480. The quantitative estimate of drug-likeness (QED) is 0.269. The molecule has 0 bridgehead atoms. The van der Waals surface area contributed by atoms with Gasteiger partial charge in [-0.05, 0) is 59.1 Å². The first-order valence-corrected chi connectivity index (χ1v) is 12.3. The molecule has 1 aromatic rings. The molecule has 31 heavy (non-hydrogen) atoms. The maximum atomic E-state index is 12.9. The molecule has 9 heteroatoms. The summed E-state index contributed by atoms with van der Waals surface area (Å²) in [5, 5.41) is 6.85. The average molecular weight is 566 g/mol. The zero-order chi connectivity index (χ0) is 22.5. The molecule has 1 saturated heterocycles. The molecule has 1 aliphatic heterocycles. The second-order valence-electron chi connectivity index (χ2n) is 9.43.